The third-order valence-electron chi connectivity index (χ3n) is 3.47. The van der Waals surface area contributed by atoms with Crippen LogP contribution in [0, 0.1) is 19.8 Å². The fraction of sp³-hybridized carbons (Fsp3) is 0.562. The molecule has 3 heteroatoms. The molecule has 0 radical (unpaired) electrons. The van der Waals surface area contributed by atoms with Crippen molar-refractivity contribution in [2.45, 2.75) is 40.0 Å². The molecule has 0 aliphatic carbocycles. The number of aryl methyl sites for hydroxylation is 2. The fourth-order valence-corrected chi connectivity index (χ4v) is 2.38. The number of rotatable bonds is 7. The summed E-state index contributed by atoms with van der Waals surface area (Å²) in [6.07, 6.45) is 2.41. The molecule has 1 atom stereocenters. The van der Waals surface area contributed by atoms with Crippen LogP contribution in [0.25, 0.3) is 0 Å². The molecular weight excluding hydrogens is 238 g/mol. The lowest BCUT2D eigenvalue weighted by molar-refractivity contribution is 0.0970. The first-order valence-corrected chi connectivity index (χ1v) is 6.88. The van der Waals surface area contributed by atoms with E-state index in [4.69, 9.17) is 10.5 Å². The van der Waals surface area contributed by atoms with Crippen molar-refractivity contribution in [2.75, 3.05) is 13.7 Å². The molecule has 1 unspecified atom stereocenters. The highest BCUT2D eigenvalue weighted by Gasteiger charge is 2.16. The van der Waals surface area contributed by atoms with E-state index in [-0.39, 0.29) is 5.78 Å². The van der Waals surface area contributed by atoms with E-state index in [1.54, 1.807) is 7.11 Å². The SMILES string of the molecule is COc1cc(C)cc(C)c1C(=O)CCC(C)CCN. The second-order valence-electron chi connectivity index (χ2n) is 5.30. The lowest BCUT2D eigenvalue weighted by atomic mass is 9.94. The second-order valence-corrected chi connectivity index (χ2v) is 5.30. The Bertz CT molecular complexity index is 441. The molecule has 106 valence electrons. The van der Waals surface area contributed by atoms with E-state index in [0.29, 0.717) is 24.6 Å². The number of nitrogens with two attached hydrogens (primary N) is 1. The van der Waals surface area contributed by atoms with Crippen LogP contribution < -0.4 is 10.5 Å². The molecule has 1 aromatic rings. The summed E-state index contributed by atoms with van der Waals surface area (Å²) >= 11 is 0. The first kappa shape index (κ1) is 15.7. The number of ketones is 1. The number of carbonyl (C=O) groups excluding carboxylic acids is 1. The summed E-state index contributed by atoms with van der Waals surface area (Å²) in [6.45, 7) is 6.79. The van der Waals surface area contributed by atoms with E-state index in [2.05, 4.69) is 6.92 Å². The van der Waals surface area contributed by atoms with E-state index >= 15 is 0 Å². The summed E-state index contributed by atoms with van der Waals surface area (Å²) in [5, 5.41) is 0. The van der Waals surface area contributed by atoms with Gasteiger partial charge < -0.3 is 10.5 Å². The topological polar surface area (TPSA) is 52.3 Å². The molecule has 0 saturated carbocycles. The zero-order valence-corrected chi connectivity index (χ0v) is 12.5. The van der Waals surface area contributed by atoms with E-state index in [0.717, 1.165) is 29.5 Å². The number of benzene rings is 1. The third-order valence-corrected chi connectivity index (χ3v) is 3.47. The van der Waals surface area contributed by atoms with Crippen molar-refractivity contribution in [1.29, 1.82) is 0 Å². The number of carbonyl (C=O) groups is 1. The van der Waals surface area contributed by atoms with E-state index in [1.807, 2.05) is 26.0 Å². The molecule has 0 aliphatic heterocycles. The summed E-state index contributed by atoms with van der Waals surface area (Å²) in [5.74, 6) is 1.35. The number of ether oxygens (including phenoxy) is 1. The summed E-state index contributed by atoms with van der Waals surface area (Å²) in [7, 11) is 1.61. The number of methoxy groups -OCH3 is 1. The Morgan fingerprint density at radius 1 is 1.32 bits per heavy atom. The summed E-state index contributed by atoms with van der Waals surface area (Å²) < 4.78 is 5.34. The first-order valence-electron chi connectivity index (χ1n) is 6.88. The highest BCUT2D eigenvalue weighted by atomic mass is 16.5. The van der Waals surface area contributed by atoms with Gasteiger partial charge in [0.1, 0.15) is 5.75 Å². The van der Waals surface area contributed by atoms with Gasteiger partial charge in [0.15, 0.2) is 5.78 Å². The molecule has 2 N–H and O–H groups in total. The fourth-order valence-electron chi connectivity index (χ4n) is 2.38. The third kappa shape index (κ3) is 4.35. The maximum atomic E-state index is 12.4. The molecule has 0 bridgehead atoms. The van der Waals surface area contributed by atoms with Gasteiger partial charge in [-0.3, -0.25) is 4.79 Å². The van der Waals surface area contributed by atoms with Crippen LogP contribution in [0.1, 0.15) is 47.7 Å². The number of hydrogen-bond donors (Lipinski definition) is 1. The van der Waals surface area contributed by atoms with Crippen LogP contribution in [0.15, 0.2) is 12.1 Å². The minimum atomic E-state index is 0.165. The van der Waals surface area contributed by atoms with Gasteiger partial charge in [0.05, 0.1) is 12.7 Å². The highest BCUT2D eigenvalue weighted by molar-refractivity contribution is 6.00. The van der Waals surface area contributed by atoms with E-state index < -0.39 is 0 Å². The molecule has 1 rings (SSSR count). The quantitative estimate of drug-likeness (QED) is 0.768. The Hall–Kier alpha value is -1.35. The van der Waals surface area contributed by atoms with Gasteiger partial charge in [-0.25, -0.2) is 0 Å². The van der Waals surface area contributed by atoms with Gasteiger partial charge in [0.2, 0.25) is 0 Å². The monoisotopic (exact) mass is 263 g/mol. The Labute approximate surface area is 116 Å². The van der Waals surface area contributed by atoms with Crippen molar-refractivity contribution in [3.05, 3.63) is 28.8 Å². The largest absolute Gasteiger partial charge is 0.496 e. The van der Waals surface area contributed by atoms with Crippen molar-refractivity contribution >= 4 is 5.78 Å². The van der Waals surface area contributed by atoms with E-state index in [9.17, 15) is 4.79 Å². The van der Waals surface area contributed by atoms with E-state index in [1.165, 1.54) is 0 Å². The molecule has 0 saturated heterocycles. The number of hydrogen-bond acceptors (Lipinski definition) is 3. The molecule has 3 nitrogen and oxygen atoms in total. The zero-order chi connectivity index (χ0) is 14.4. The smallest absolute Gasteiger partial charge is 0.166 e. The molecule has 1 aromatic carbocycles. The van der Waals surface area contributed by atoms with Crippen LogP contribution in [-0.4, -0.2) is 19.4 Å². The van der Waals surface area contributed by atoms with Gasteiger partial charge in [0, 0.05) is 6.42 Å². The maximum Gasteiger partial charge on any atom is 0.166 e. The Balaban J connectivity index is 2.82. The minimum Gasteiger partial charge on any atom is -0.496 e. The molecule has 0 heterocycles. The normalized spacial score (nSPS) is 12.3. The number of Topliss-reactive ketones (excluding diaryl/α,β-unsaturated/α-hetero) is 1. The predicted octanol–water partition coefficient (Wildman–Crippen LogP) is 3.26. The van der Waals surface area contributed by atoms with Crippen molar-refractivity contribution in [2.24, 2.45) is 11.7 Å². The van der Waals surface area contributed by atoms with Crippen LogP contribution in [0.2, 0.25) is 0 Å². The van der Waals surface area contributed by atoms with Crippen LogP contribution in [0.3, 0.4) is 0 Å². The lowest BCUT2D eigenvalue weighted by Crippen LogP contribution is -2.10. The zero-order valence-electron chi connectivity index (χ0n) is 12.5. The van der Waals surface area contributed by atoms with Gasteiger partial charge in [-0.1, -0.05) is 13.0 Å². The predicted molar refractivity (Wildman–Crippen MR) is 78.9 cm³/mol. The minimum absolute atomic E-state index is 0.165. The van der Waals surface area contributed by atoms with Gasteiger partial charge in [-0.15, -0.1) is 0 Å². The van der Waals surface area contributed by atoms with Crippen molar-refractivity contribution in [3.8, 4) is 5.75 Å². The Morgan fingerprint density at radius 2 is 2.00 bits per heavy atom. The molecule has 0 spiro atoms. The van der Waals surface area contributed by atoms with Crippen LogP contribution in [0.4, 0.5) is 0 Å². The standard InChI is InChI=1S/C16H25NO2/c1-11(7-8-17)5-6-14(18)16-13(3)9-12(2)10-15(16)19-4/h9-11H,5-8,17H2,1-4H3. The second kappa shape index (κ2) is 7.29. The van der Waals surface area contributed by atoms with Crippen molar-refractivity contribution in [3.63, 3.8) is 0 Å². The Kier molecular flexibility index (Phi) is 6.03. The molecule has 0 aromatic heterocycles. The van der Waals surface area contributed by atoms with Gasteiger partial charge in [-0.05, 0) is 56.3 Å². The van der Waals surface area contributed by atoms with Crippen LogP contribution in [-0.2, 0) is 0 Å². The molecule has 0 aliphatic rings. The van der Waals surface area contributed by atoms with Gasteiger partial charge >= 0.3 is 0 Å². The van der Waals surface area contributed by atoms with Crippen LogP contribution in [0.5, 0.6) is 5.75 Å². The maximum absolute atomic E-state index is 12.4. The molecular formula is C16H25NO2. The van der Waals surface area contributed by atoms with Crippen molar-refractivity contribution < 1.29 is 9.53 Å². The van der Waals surface area contributed by atoms with Gasteiger partial charge in [0.25, 0.3) is 0 Å². The Morgan fingerprint density at radius 3 is 2.58 bits per heavy atom. The average Bonchev–Trinajstić information content (AvgIpc) is 2.35. The summed E-state index contributed by atoms with van der Waals surface area (Å²) in [5.41, 5.74) is 8.37. The molecule has 0 amide bonds. The highest BCUT2D eigenvalue weighted by Crippen LogP contribution is 2.26. The molecule has 19 heavy (non-hydrogen) atoms. The van der Waals surface area contributed by atoms with Crippen LogP contribution >= 0.6 is 0 Å². The summed E-state index contributed by atoms with van der Waals surface area (Å²) in [6, 6.07) is 3.95. The molecule has 0 fully saturated rings. The van der Waals surface area contributed by atoms with Gasteiger partial charge in [-0.2, -0.15) is 0 Å². The first-order chi connectivity index (χ1) is 8.99. The lowest BCUT2D eigenvalue weighted by Gasteiger charge is -2.13. The van der Waals surface area contributed by atoms with Crippen molar-refractivity contribution in [1.82, 2.24) is 0 Å². The average molecular weight is 263 g/mol. The summed E-state index contributed by atoms with van der Waals surface area (Å²) in [4.78, 5) is 12.4.